The van der Waals surface area contributed by atoms with E-state index in [-0.39, 0.29) is 23.9 Å². The zero-order valence-electron chi connectivity index (χ0n) is 16.3. The third-order valence-corrected chi connectivity index (χ3v) is 6.46. The normalized spacial score (nSPS) is 27.0. The second-order valence-electron chi connectivity index (χ2n) is 7.95. The lowest BCUT2D eigenvalue weighted by Crippen LogP contribution is -2.58. The fourth-order valence-corrected chi connectivity index (χ4v) is 5.33. The number of ether oxygens (including phenoxy) is 1. The maximum absolute atomic E-state index is 11.7. The van der Waals surface area contributed by atoms with Gasteiger partial charge >= 0.3 is 0 Å². The van der Waals surface area contributed by atoms with E-state index < -0.39 is 0 Å². The Kier molecular flexibility index (Phi) is 6.43. The summed E-state index contributed by atoms with van der Waals surface area (Å²) in [6, 6.07) is 18.4. The minimum absolute atomic E-state index is 0. The van der Waals surface area contributed by atoms with Crippen molar-refractivity contribution < 1.29 is 9.53 Å². The molecule has 1 heterocycles. The van der Waals surface area contributed by atoms with E-state index in [2.05, 4.69) is 41.3 Å². The molecule has 5 heteroatoms. The van der Waals surface area contributed by atoms with E-state index in [0.717, 1.165) is 38.0 Å². The van der Waals surface area contributed by atoms with Gasteiger partial charge in [-0.05, 0) is 36.1 Å². The van der Waals surface area contributed by atoms with E-state index in [9.17, 15) is 4.79 Å². The Morgan fingerprint density at radius 3 is 2.39 bits per heavy atom. The summed E-state index contributed by atoms with van der Waals surface area (Å²) in [6.45, 7) is 3.01. The highest BCUT2D eigenvalue weighted by Gasteiger charge is 2.53. The lowest BCUT2D eigenvalue weighted by Gasteiger charge is -2.55. The molecule has 2 bridgehead atoms. The molecular formula is C23H29ClN2O2. The largest absolute Gasteiger partial charge is 0.373 e. The Hall–Kier alpha value is -1.88. The van der Waals surface area contributed by atoms with Crippen LogP contribution in [0.25, 0.3) is 0 Å². The van der Waals surface area contributed by atoms with Crippen molar-refractivity contribution in [1.82, 2.24) is 4.90 Å². The lowest BCUT2D eigenvalue weighted by atomic mass is 9.62. The Morgan fingerprint density at radius 1 is 1.11 bits per heavy atom. The minimum atomic E-state index is -0.380. The average molecular weight is 401 g/mol. The van der Waals surface area contributed by atoms with Crippen molar-refractivity contribution >= 4 is 18.3 Å². The van der Waals surface area contributed by atoms with Crippen molar-refractivity contribution in [2.24, 2.45) is 17.6 Å². The van der Waals surface area contributed by atoms with Gasteiger partial charge in [-0.3, -0.25) is 9.69 Å². The standard InChI is InChI=1S/C23H28N2O2.ClH/c1-27-23(19-10-5-9-18(13-19)22(24)26)20-11-6-12-21(23)16-25(15-20)14-17-7-3-2-4-8-17;/h2-5,7-10,13,20-21H,6,11-12,14-16H2,1H3,(H2,24,26);1H/t20-,21+,23?;. The van der Waals surface area contributed by atoms with Gasteiger partial charge in [0.25, 0.3) is 0 Å². The Bertz CT molecular complexity index is 797. The van der Waals surface area contributed by atoms with Crippen LogP contribution in [0.1, 0.15) is 40.7 Å². The second-order valence-corrected chi connectivity index (χ2v) is 7.95. The van der Waals surface area contributed by atoms with Crippen LogP contribution in [-0.2, 0) is 16.9 Å². The molecule has 2 aliphatic rings. The molecule has 150 valence electrons. The van der Waals surface area contributed by atoms with E-state index in [0.29, 0.717) is 17.4 Å². The Balaban J connectivity index is 0.00000225. The number of hydrogen-bond acceptors (Lipinski definition) is 3. The van der Waals surface area contributed by atoms with Crippen LogP contribution in [0.15, 0.2) is 54.6 Å². The monoisotopic (exact) mass is 400 g/mol. The van der Waals surface area contributed by atoms with Crippen LogP contribution in [0.5, 0.6) is 0 Å². The molecule has 3 atom stereocenters. The molecule has 0 aromatic heterocycles. The molecular weight excluding hydrogens is 372 g/mol. The van der Waals surface area contributed by atoms with Gasteiger partial charge in [-0.2, -0.15) is 0 Å². The highest BCUT2D eigenvalue weighted by molar-refractivity contribution is 5.92. The molecule has 2 aromatic carbocycles. The van der Waals surface area contributed by atoms with E-state index in [1.807, 2.05) is 19.2 Å². The molecule has 4 nitrogen and oxygen atoms in total. The second kappa shape index (κ2) is 8.64. The smallest absolute Gasteiger partial charge is 0.248 e. The van der Waals surface area contributed by atoms with E-state index in [4.69, 9.17) is 10.5 Å². The van der Waals surface area contributed by atoms with E-state index in [1.165, 1.54) is 12.0 Å². The molecule has 1 saturated heterocycles. The van der Waals surface area contributed by atoms with Crippen LogP contribution in [0.4, 0.5) is 0 Å². The summed E-state index contributed by atoms with van der Waals surface area (Å²) in [7, 11) is 1.83. The summed E-state index contributed by atoms with van der Waals surface area (Å²) in [6.07, 6.45) is 3.54. The van der Waals surface area contributed by atoms with Gasteiger partial charge in [0.15, 0.2) is 0 Å². The van der Waals surface area contributed by atoms with Gasteiger partial charge in [-0.15, -0.1) is 12.4 Å². The fraction of sp³-hybridized carbons (Fsp3) is 0.435. The number of hydrogen-bond donors (Lipinski definition) is 1. The van der Waals surface area contributed by atoms with Gasteiger partial charge < -0.3 is 10.5 Å². The average Bonchev–Trinajstić information content (AvgIpc) is 2.68. The number of fused-ring (bicyclic) bond motifs is 2. The first-order chi connectivity index (χ1) is 13.1. The third kappa shape index (κ3) is 3.69. The van der Waals surface area contributed by atoms with Crippen LogP contribution in [0, 0.1) is 11.8 Å². The number of rotatable bonds is 5. The van der Waals surface area contributed by atoms with Crippen molar-refractivity contribution in [3.63, 3.8) is 0 Å². The molecule has 1 amide bonds. The summed E-state index contributed by atoms with van der Waals surface area (Å²) in [5.74, 6) is 0.457. The van der Waals surface area contributed by atoms with Gasteiger partial charge in [0, 0.05) is 44.1 Å². The van der Waals surface area contributed by atoms with Gasteiger partial charge in [-0.25, -0.2) is 0 Å². The summed E-state index contributed by atoms with van der Waals surface area (Å²) in [5, 5.41) is 0. The third-order valence-electron chi connectivity index (χ3n) is 6.46. The van der Waals surface area contributed by atoms with Gasteiger partial charge in [-0.1, -0.05) is 48.9 Å². The van der Waals surface area contributed by atoms with Gasteiger partial charge in [0.05, 0.1) is 0 Å². The highest BCUT2D eigenvalue weighted by Crippen LogP contribution is 2.51. The van der Waals surface area contributed by atoms with E-state index >= 15 is 0 Å². The van der Waals surface area contributed by atoms with Crippen molar-refractivity contribution in [1.29, 1.82) is 0 Å². The van der Waals surface area contributed by atoms with Crippen LogP contribution >= 0.6 is 12.4 Å². The first kappa shape index (κ1) is 20.8. The molecule has 1 saturated carbocycles. The molecule has 1 unspecified atom stereocenters. The summed E-state index contributed by atoms with van der Waals surface area (Å²) in [5.41, 5.74) is 8.24. The number of halogens is 1. The molecule has 2 N–H and O–H groups in total. The minimum Gasteiger partial charge on any atom is -0.373 e. The van der Waals surface area contributed by atoms with Crippen molar-refractivity contribution in [2.45, 2.75) is 31.4 Å². The van der Waals surface area contributed by atoms with Crippen LogP contribution < -0.4 is 5.73 Å². The van der Waals surface area contributed by atoms with Crippen LogP contribution in [0.2, 0.25) is 0 Å². The van der Waals surface area contributed by atoms with Gasteiger partial charge in [0.2, 0.25) is 5.91 Å². The molecule has 1 aliphatic heterocycles. The van der Waals surface area contributed by atoms with E-state index in [1.54, 1.807) is 6.07 Å². The fourth-order valence-electron chi connectivity index (χ4n) is 5.33. The number of methoxy groups -OCH3 is 1. The Labute approximate surface area is 173 Å². The van der Waals surface area contributed by atoms with Crippen LogP contribution in [0.3, 0.4) is 0 Å². The number of likely N-dealkylation sites (tertiary alicyclic amines) is 1. The number of piperidine rings is 1. The maximum Gasteiger partial charge on any atom is 0.248 e. The van der Waals surface area contributed by atoms with Crippen molar-refractivity contribution in [3.05, 3.63) is 71.3 Å². The summed E-state index contributed by atoms with van der Waals surface area (Å²) < 4.78 is 6.29. The predicted octanol–water partition coefficient (Wildman–Crippen LogP) is 3.98. The number of benzene rings is 2. The SMILES string of the molecule is COC1(c2cccc(C(N)=O)c2)[C@@H]2CCC[C@H]1CN(Cc1ccccc1)C2.Cl. The number of primary amides is 1. The molecule has 1 aliphatic carbocycles. The number of carbonyl (C=O) groups excluding carboxylic acids is 1. The molecule has 2 fully saturated rings. The zero-order valence-corrected chi connectivity index (χ0v) is 17.2. The number of amides is 1. The Morgan fingerprint density at radius 2 is 1.79 bits per heavy atom. The van der Waals surface area contributed by atoms with Crippen molar-refractivity contribution in [2.75, 3.05) is 20.2 Å². The topological polar surface area (TPSA) is 55.6 Å². The molecule has 0 radical (unpaired) electrons. The quantitative estimate of drug-likeness (QED) is 0.825. The first-order valence-corrected chi connectivity index (χ1v) is 9.85. The number of nitrogens with two attached hydrogens (primary N) is 1. The molecule has 2 aromatic rings. The molecule has 28 heavy (non-hydrogen) atoms. The van der Waals surface area contributed by atoms with Crippen LogP contribution in [-0.4, -0.2) is 31.0 Å². The lowest BCUT2D eigenvalue weighted by molar-refractivity contribution is -0.170. The maximum atomic E-state index is 11.7. The first-order valence-electron chi connectivity index (χ1n) is 9.85. The van der Waals surface area contributed by atoms with Gasteiger partial charge in [0.1, 0.15) is 5.60 Å². The summed E-state index contributed by atoms with van der Waals surface area (Å²) in [4.78, 5) is 14.3. The number of carbonyl (C=O) groups is 1. The predicted molar refractivity (Wildman–Crippen MR) is 113 cm³/mol. The molecule has 4 rings (SSSR count). The highest BCUT2D eigenvalue weighted by atomic mass is 35.5. The molecule has 0 spiro atoms. The van der Waals surface area contributed by atoms with Crippen molar-refractivity contribution in [3.8, 4) is 0 Å². The number of nitrogens with zero attached hydrogens (tertiary/aromatic N) is 1. The zero-order chi connectivity index (χ0) is 18.9. The summed E-state index contributed by atoms with van der Waals surface area (Å²) >= 11 is 0.